The summed E-state index contributed by atoms with van der Waals surface area (Å²) in [4.78, 5) is 25.1. The maximum atomic E-state index is 12.7. The van der Waals surface area contributed by atoms with Gasteiger partial charge in [0.05, 0.1) is 5.92 Å². The second-order valence-electron chi connectivity index (χ2n) is 8.25. The summed E-state index contributed by atoms with van der Waals surface area (Å²) < 4.78 is 5.82. The molecule has 2 amide bonds. The summed E-state index contributed by atoms with van der Waals surface area (Å²) in [6.45, 7) is 1.15. The number of hydrogen-bond donors (Lipinski definition) is 2. The Bertz CT molecular complexity index is 924. The van der Waals surface area contributed by atoms with Crippen molar-refractivity contribution in [2.75, 3.05) is 18.5 Å². The van der Waals surface area contributed by atoms with Crippen LogP contribution in [0.2, 0.25) is 5.02 Å². The van der Waals surface area contributed by atoms with Crippen molar-refractivity contribution in [3.8, 4) is 5.75 Å². The van der Waals surface area contributed by atoms with E-state index in [-0.39, 0.29) is 17.7 Å². The van der Waals surface area contributed by atoms with Gasteiger partial charge < -0.3 is 15.4 Å². The lowest BCUT2D eigenvalue weighted by Crippen LogP contribution is -2.39. The Morgan fingerprint density at radius 2 is 1.90 bits per heavy atom. The van der Waals surface area contributed by atoms with Crippen LogP contribution in [0.25, 0.3) is 0 Å². The van der Waals surface area contributed by atoms with E-state index in [4.69, 9.17) is 16.3 Å². The molecule has 1 heterocycles. The highest BCUT2D eigenvalue weighted by atomic mass is 35.5. The zero-order chi connectivity index (χ0) is 20.9. The Morgan fingerprint density at radius 1 is 1.07 bits per heavy atom. The maximum Gasteiger partial charge on any atom is 0.255 e. The molecule has 0 radical (unpaired) electrons. The van der Waals surface area contributed by atoms with Gasteiger partial charge in [-0.1, -0.05) is 36.9 Å². The molecule has 2 aromatic rings. The number of fused-ring (bicyclic) bond motifs is 1. The van der Waals surface area contributed by atoms with Crippen LogP contribution in [0, 0.1) is 11.8 Å². The molecule has 5 nitrogen and oxygen atoms in total. The molecule has 0 saturated heterocycles. The second kappa shape index (κ2) is 9.52. The molecule has 0 bridgehead atoms. The highest BCUT2D eigenvalue weighted by molar-refractivity contribution is 6.31. The number of nitrogens with one attached hydrogen (secondary N) is 2. The zero-order valence-corrected chi connectivity index (χ0v) is 17.7. The molecule has 1 saturated carbocycles. The van der Waals surface area contributed by atoms with E-state index in [0.29, 0.717) is 35.2 Å². The van der Waals surface area contributed by atoms with Crippen LogP contribution in [-0.4, -0.2) is 25.0 Å². The fourth-order valence-corrected chi connectivity index (χ4v) is 4.44. The van der Waals surface area contributed by atoms with E-state index in [0.717, 1.165) is 17.9 Å². The van der Waals surface area contributed by atoms with Crippen LogP contribution in [0.5, 0.6) is 5.75 Å². The minimum atomic E-state index is -0.226. The Balaban J connectivity index is 1.36. The molecule has 2 aromatic carbocycles. The van der Waals surface area contributed by atoms with Gasteiger partial charge in [-0.2, -0.15) is 0 Å². The third-order valence-electron chi connectivity index (χ3n) is 5.97. The summed E-state index contributed by atoms with van der Waals surface area (Å²) in [5.74, 6) is 0.996. The molecule has 158 valence electrons. The summed E-state index contributed by atoms with van der Waals surface area (Å²) in [7, 11) is 0. The number of halogens is 1. The normalized spacial score (nSPS) is 18.8. The molecule has 6 heteroatoms. The average molecular weight is 427 g/mol. The van der Waals surface area contributed by atoms with Crippen molar-refractivity contribution in [1.29, 1.82) is 0 Å². The summed E-state index contributed by atoms with van der Waals surface area (Å²) in [5.41, 5.74) is 2.10. The zero-order valence-electron chi connectivity index (χ0n) is 17.0. The molecule has 2 aliphatic rings. The SMILES string of the molecule is O=C(Nc1ccc2c(c1)CC(C(=O)NCC1CCCCC1)CO2)c1cccc(Cl)c1. The molecule has 2 N–H and O–H groups in total. The highest BCUT2D eigenvalue weighted by Crippen LogP contribution is 2.30. The first-order valence-corrected chi connectivity index (χ1v) is 11.1. The van der Waals surface area contributed by atoms with Crippen LogP contribution in [0.1, 0.15) is 48.0 Å². The monoisotopic (exact) mass is 426 g/mol. The van der Waals surface area contributed by atoms with Gasteiger partial charge >= 0.3 is 0 Å². The molecular formula is C24H27ClN2O3. The van der Waals surface area contributed by atoms with Crippen LogP contribution in [0.3, 0.4) is 0 Å². The minimum absolute atomic E-state index is 0.0552. The third-order valence-corrected chi connectivity index (χ3v) is 6.21. The average Bonchev–Trinajstić information content (AvgIpc) is 2.77. The van der Waals surface area contributed by atoms with Gasteiger partial charge in [-0.25, -0.2) is 0 Å². The van der Waals surface area contributed by atoms with Crippen LogP contribution < -0.4 is 15.4 Å². The first-order valence-electron chi connectivity index (χ1n) is 10.7. The van der Waals surface area contributed by atoms with Gasteiger partial charge in [0.15, 0.2) is 0 Å². The fourth-order valence-electron chi connectivity index (χ4n) is 4.25. The van der Waals surface area contributed by atoms with Gasteiger partial charge in [0.2, 0.25) is 5.91 Å². The van der Waals surface area contributed by atoms with Crippen molar-refractivity contribution >= 4 is 29.1 Å². The standard InChI is InChI=1S/C24H27ClN2O3/c25-20-8-4-7-17(12-20)24(29)27-21-9-10-22-18(13-21)11-19(15-30-22)23(28)26-14-16-5-2-1-3-6-16/h4,7-10,12-13,16,19H,1-3,5-6,11,14-15H2,(H,26,28)(H,27,29). The Hall–Kier alpha value is -2.53. The number of anilines is 1. The molecule has 0 aromatic heterocycles. The van der Waals surface area contributed by atoms with Crippen LogP contribution >= 0.6 is 11.6 Å². The lowest BCUT2D eigenvalue weighted by Gasteiger charge is -2.27. The number of benzene rings is 2. The first-order chi connectivity index (χ1) is 14.6. The predicted molar refractivity (Wildman–Crippen MR) is 118 cm³/mol. The number of rotatable bonds is 5. The topological polar surface area (TPSA) is 67.4 Å². The molecular weight excluding hydrogens is 400 g/mol. The molecule has 1 atom stereocenters. The Kier molecular flexibility index (Phi) is 6.58. The first kappa shape index (κ1) is 20.7. The van der Waals surface area contributed by atoms with Crippen molar-refractivity contribution in [3.05, 3.63) is 58.6 Å². The number of amides is 2. The molecule has 1 unspecified atom stereocenters. The molecule has 1 fully saturated rings. The van der Waals surface area contributed by atoms with Crippen molar-refractivity contribution in [2.45, 2.75) is 38.5 Å². The van der Waals surface area contributed by atoms with Crippen LogP contribution in [0.15, 0.2) is 42.5 Å². The van der Waals surface area contributed by atoms with E-state index in [1.165, 1.54) is 32.1 Å². The summed E-state index contributed by atoms with van der Waals surface area (Å²) in [6.07, 6.45) is 6.87. The van der Waals surface area contributed by atoms with Crippen molar-refractivity contribution in [3.63, 3.8) is 0 Å². The summed E-state index contributed by atoms with van der Waals surface area (Å²) in [6, 6.07) is 12.4. The number of ether oxygens (including phenoxy) is 1. The van der Waals surface area contributed by atoms with Crippen LogP contribution in [-0.2, 0) is 11.2 Å². The number of carbonyl (C=O) groups is 2. The van der Waals surface area contributed by atoms with E-state index in [1.54, 1.807) is 24.3 Å². The fraction of sp³-hybridized carbons (Fsp3) is 0.417. The number of carbonyl (C=O) groups excluding carboxylic acids is 2. The third kappa shape index (κ3) is 5.14. The number of hydrogen-bond acceptors (Lipinski definition) is 3. The quantitative estimate of drug-likeness (QED) is 0.718. The summed E-state index contributed by atoms with van der Waals surface area (Å²) >= 11 is 5.97. The summed E-state index contributed by atoms with van der Waals surface area (Å²) in [5, 5.41) is 6.54. The lowest BCUT2D eigenvalue weighted by atomic mass is 9.89. The smallest absolute Gasteiger partial charge is 0.255 e. The Morgan fingerprint density at radius 3 is 2.70 bits per heavy atom. The van der Waals surface area contributed by atoms with E-state index in [9.17, 15) is 9.59 Å². The largest absolute Gasteiger partial charge is 0.492 e. The molecule has 0 spiro atoms. The molecule has 4 rings (SSSR count). The maximum absolute atomic E-state index is 12.7. The van der Waals surface area contributed by atoms with E-state index >= 15 is 0 Å². The van der Waals surface area contributed by atoms with Crippen LogP contribution in [0.4, 0.5) is 5.69 Å². The van der Waals surface area contributed by atoms with Crippen molar-refractivity contribution in [1.82, 2.24) is 5.32 Å². The van der Waals surface area contributed by atoms with E-state index < -0.39 is 0 Å². The molecule has 30 heavy (non-hydrogen) atoms. The van der Waals surface area contributed by atoms with Gasteiger partial charge in [0, 0.05) is 22.8 Å². The van der Waals surface area contributed by atoms with E-state index in [2.05, 4.69) is 10.6 Å². The molecule has 1 aliphatic carbocycles. The van der Waals surface area contributed by atoms with Crippen molar-refractivity contribution in [2.24, 2.45) is 11.8 Å². The van der Waals surface area contributed by atoms with Gasteiger partial charge in [-0.05, 0) is 67.1 Å². The van der Waals surface area contributed by atoms with Gasteiger partial charge in [0.1, 0.15) is 12.4 Å². The highest BCUT2D eigenvalue weighted by Gasteiger charge is 2.27. The second-order valence-corrected chi connectivity index (χ2v) is 8.68. The molecule has 1 aliphatic heterocycles. The predicted octanol–water partition coefficient (Wildman–Crippen LogP) is 4.84. The van der Waals surface area contributed by atoms with Gasteiger partial charge in [-0.15, -0.1) is 0 Å². The van der Waals surface area contributed by atoms with Gasteiger partial charge in [-0.3, -0.25) is 9.59 Å². The van der Waals surface area contributed by atoms with Crippen molar-refractivity contribution < 1.29 is 14.3 Å². The van der Waals surface area contributed by atoms with E-state index in [1.807, 2.05) is 18.2 Å². The minimum Gasteiger partial charge on any atom is -0.492 e. The lowest BCUT2D eigenvalue weighted by molar-refractivity contribution is -0.126. The Labute approximate surface area is 182 Å². The van der Waals surface area contributed by atoms with Gasteiger partial charge in [0.25, 0.3) is 5.91 Å².